The van der Waals surface area contributed by atoms with Crippen molar-refractivity contribution in [2.24, 2.45) is 0 Å². The normalized spacial score (nSPS) is 10.5. The molecule has 0 aliphatic heterocycles. The summed E-state index contributed by atoms with van der Waals surface area (Å²) in [6.07, 6.45) is 3.20. The van der Waals surface area contributed by atoms with Crippen LogP contribution < -0.4 is 0 Å². The highest BCUT2D eigenvalue weighted by Gasteiger charge is 2.06. The summed E-state index contributed by atoms with van der Waals surface area (Å²) in [4.78, 5) is 21.7. The van der Waals surface area contributed by atoms with Crippen molar-refractivity contribution in [3.05, 3.63) is 41.0 Å². The molecule has 0 amide bonds. The quantitative estimate of drug-likeness (QED) is 0.812. The number of hydrogen-bond acceptors (Lipinski definition) is 3. The van der Waals surface area contributed by atoms with Gasteiger partial charge in [-0.15, -0.1) is 0 Å². The van der Waals surface area contributed by atoms with Gasteiger partial charge in [0.05, 0.1) is 19.1 Å². The van der Waals surface area contributed by atoms with E-state index in [1.54, 1.807) is 30.4 Å². The zero-order chi connectivity index (χ0) is 12.8. The van der Waals surface area contributed by atoms with Gasteiger partial charge >= 0.3 is 11.9 Å². The number of hydrogen-bond donors (Lipinski definition) is 1. The number of methoxy groups -OCH3 is 1. The number of carbonyl (C=O) groups is 2. The van der Waals surface area contributed by atoms with Crippen molar-refractivity contribution in [2.45, 2.75) is 13.3 Å². The summed E-state index contributed by atoms with van der Waals surface area (Å²) in [7, 11) is 1.32. The number of esters is 1. The molecule has 0 atom stereocenters. The van der Waals surface area contributed by atoms with Gasteiger partial charge in [-0.3, -0.25) is 4.79 Å². The molecule has 17 heavy (non-hydrogen) atoms. The summed E-state index contributed by atoms with van der Waals surface area (Å²) in [6, 6.07) is 5.15. The molecule has 4 heteroatoms. The Kier molecular flexibility index (Phi) is 4.46. The summed E-state index contributed by atoms with van der Waals surface area (Å²) in [5.74, 6) is -1.29. The predicted molar refractivity (Wildman–Crippen MR) is 63.8 cm³/mol. The van der Waals surface area contributed by atoms with Crippen LogP contribution in [0.15, 0.2) is 24.3 Å². The van der Waals surface area contributed by atoms with E-state index >= 15 is 0 Å². The van der Waals surface area contributed by atoms with E-state index in [9.17, 15) is 9.59 Å². The van der Waals surface area contributed by atoms with E-state index < -0.39 is 11.9 Å². The van der Waals surface area contributed by atoms with Crippen LogP contribution in [-0.2, 0) is 9.53 Å². The molecule has 0 heterocycles. The minimum Gasteiger partial charge on any atom is -0.481 e. The van der Waals surface area contributed by atoms with Crippen molar-refractivity contribution in [3.63, 3.8) is 0 Å². The Morgan fingerprint density at radius 3 is 2.71 bits per heavy atom. The van der Waals surface area contributed by atoms with Gasteiger partial charge < -0.3 is 9.84 Å². The van der Waals surface area contributed by atoms with Gasteiger partial charge in [0.1, 0.15) is 0 Å². The molecule has 0 spiro atoms. The minimum atomic E-state index is -0.886. The van der Waals surface area contributed by atoms with Crippen LogP contribution in [0.5, 0.6) is 0 Å². The van der Waals surface area contributed by atoms with E-state index in [1.807, 2.05) is 6.92 Å². The predicted octanol–water partition coefficient (Wildman–Crippen LogP) is 2.27. The molecule has 1 rings (SSSR count). The standard InChI is InChI=1S/C13H14O4/c1-9-6-7-11(13(16)17-2)8-10(9)4-3-5-12(14)15/h3-4,6-8H,5H2,1-2H3,(H,14,15). The van der Waals surface area contributed by atoms with E-state index in [0.717, 1.165) is 11.1 Å². The van der Waals surface area contributed by atoms with Crippen molar-refractivity contribution >= 4 is 18.0 Å². The molecule has 0 saturated heterocycles. The maximum Gasteiger partial charge on any atom is 0.337 e. The van der Waals surface area contributed by atoms with Crippen LogP contribution in [0.3, 0.4) is 0 Å². The van der Waals surface area contributed by atoms with Gasteiger partial charge in [0.2, 0.25) is 0 Å². The number of carboxylic acids is 1. The zero-order valence-electron chi connectivity index (χ0n) is 9.77. The van der Waals surface area contributed by atoms with E-state index in [4.69, 9.17) is 5.11 Å². The van der Waals surface area contributed by atoms with Crippen LogP contribution >= 0.6 is 0 Å². The van der Waals surface area contributed by atoms with Gasteiger partial charge in [-0.2, -0.15) is 0 Å². The van der Waals surface area contributed by atoms with Crippen LogP contribution in [0, 0.1) is 6.92 Å². The van der Waals surface area contributed by atoms with Gasteiger partial charge in [0.15, 0.2) is 0 Å². The van der Waals surface area contributed by atoms with Gasteiger partial charge in [-0.25, -0.2) is 4.79 Å². The molecule has 0 aromatic heterocycles. The SMILES string of the molecule is COC(=O)c1ccc(C)c(C=CCC(=O)O)c1. The Bertz CT molecular complexity index is 460. The molecule has 1 aromatic rings. The molecule has 0 saturated carbocycles. The first-order valence-corrected chi connectivity index (χ1v) is 5.12. The van der Waals surface area contributed by atoms with Crippen LogP contribution in [0.2, 0.25) is 0 Å². The lowest BCUT2D eigenvalue weighted by atomic mass is 10.0. The Labute approximate surface area is 99.5 Å². The highest BCUT2D eigenvalue weighted by Crippen LogP contribution is 2.14. The molecule has 0 aliphatic carbocycles. The third kappa shape index (κ3) is 3.75. The van der Waals surface area contributed by atoms with Crippen molar-refractivity contribution in [3.8, 4) is 0 Å². The molecule has 1 aromatic carbocycles. The Morgan fingerprint density at radius 2 is 2.12 bits per heavy atom. The van der Waals surface area contributed by atoms with Crippen molar-refractivity contribution in [2.75, 3.05) is 7.11 Å². The highest BCUT2D eigenvalue weighted by atomic mass is 16.5. The number of aliphatic carboxylic acids is 1. The molecule has 0 unspecified atom stereocenters. The third-order valence-electron chi connectivity index (χ3n) is 2.29. The molecule has 0 fully saturated rings. The van der Waals surface area contributed by atoms with Crippen LogP contribution in [0.25, 0.3) is 6.08 Å². The lowest BCUT2D eigenvalue weighted by molar-refractivity contribution is -0.135. The fourth-order valence-electron chi connectivity index (χ4n) is 1.35. The number of carboxylic acid groups (broad SMARTS) is 1. The number of ether oxygens (including phenoxy) is 1. The first kappa shape index (κ1) is 13.0. The average Bonchev–Trinajstić information content (AvgIpc) is 2.30. The topological polar surface area (TPSA) is 63.6 Å². The molecule has 4 nitrogen and oxygen atoms in total. The van der Waals surface area contributed by atoms with E-state index in [2.05, 4.69) is 4.74 Å². The largest absolute Gasteiger partial charge is 0.481 e. The van der Waals surface area contributed by atoms with E-state index in [-0.39, 0.29) is 6.42 Å². The van der Waals surface area contributed by atoms with E-state index in [0.29, 0.717) is 5.56 Å². The monoisotopic (exact) mass is 234 g/mol. The highest BCUT2D eigenvalue weighted by molar-refractivity contribution is 5.90. The van der Waals surface area contributed by atoms with Crippen LogP contribution in [-0.4, -0.2) is 24.2 Å². The smallest absolute Gasteiger partial charge is 0.337 e. The first-order chi connectivity index (χ1) is 8.04. The summed E-state index contributed by atoms with van der Waals surface area (Å²) in [5.41, 5.74) is 2.24. The molecular weight excluding hydrogens is 220 g/mol. The number of benzene rings is 1. The van der Waals surface area contributed by atoms with E-state index in [1.165, 1.54) is 7.11 Å². The summed E-state index contributed by atoms with van der Waals surface area (Å²) < 4.78 is 4.62. The van der Waals surface area contributed by atoms with Crippen molar-refractivity contribution < 1.29 is 19.4 Å². The Hall–Kier alpha value is -2.10. The third-order valence-corrected chi connectivity index (χ3v) is 2.29. The molecule has 90 valence electrons. The van der Waals surface area contributed by atoms with Crippen molar-refractivity contribution in [1.29, 1.82) is 0 Å². The second-order valence-electron chi connectivity index (χ2n) is 3.56. The Morgan fingerprint density at radius 1 is 1.41 bits per heavy atom. The lowest BCUT2D eigenvalue weighted by Gasteiger charge is -2.03. The second kappa shape index (κ2) is 5.84. The zero-order valence-corrected chi connectivity index (χ0v) is 9.77. The minimum absolute atomic E-state index is 0.0398. The Balaban J connectivity index is 2.94. The number of carbonyl (C=O) groups excluding carboxylic acids is 1. The average molecular weight is 234 g/mol. The molecule has 1 N–H and O–H groups in total. The molecule has 0 radical (unpaired) electrons. The summed E-state index contributed by atoms with van der Waals surface area (Å²) in [6.45, 7) is 1.89. The fraction of sp³-hybridized carbons (Fsp3) is 0.231. The van der Waals surface area contributed by atoms with Gasteiger partial charge in [0.25, 0.3) is 0 Å². The van der Waals surface area contributed by atoms with Crippen LogP contribution in [0.4, 0.5) is 0 Å². The van der Waals surface area contributed by atoms with Gasteiger partial charge in [0, 0.05) is 0 Å². The summed E-state index contributed by atoms with van der Waals surface area (Å²) in [5, 5.41) is 8.52. The first-order valence-electron chi connectivity index (χ1n) is 5.12. The molecule has 0 aliphatic rings. The van der Waals surface area contributed by atoms with Crippen LogP contribution in [0.1, 0.15) is 27.9 Å². The van der Waals surface area contributed by atoms with Crippen molar-refractivity contribution in [1.82, 2.24) is 0 Å². The molecule has 0 bridgehead atoms. The van der Waals surface area contributed by atoms with Gasteiger partial charge in [-0.05, 0) is 30.2 Å². The summed E-state index contributed by atoms with van der Waals surface area (Å²) >= 11 is 0. The lowest BCUT2D eigenvalue weighted by Crippen LogP contribution is -2.01. The number of aryl methyl sites for hydroxylation is 1. The maximum absolute atomic E-state index is 11.3. The fourth-order valence-corrected chi connectivity index (χ4v) is 1.35. The molecular formula is C13H14O4. The maximum atomic E-state index is 11.3. The number of rotatable bonds is 4. The van der Waals surface area contributed by atoms with Gasteiger partial charge in [-0.1, -0.05) is 18.2 Å². The second-order valence-corrected chi connectivity index (χ2v) is 3.56.